The fourth-order valence-electron chi connectivity index (χ4n) is 5.68. The molecule has 0 radical (unpaired) electrons. The van der Waals surface area contributed by atoms with Crippen LogP contribution in [0.4, 0.5) is 41.1 Å². The first-order chi connectivity index (χ1) is 29.2. The van der Waals surface area contributed by atoms with Gasteiger partial charge < -0.3 is 31.1 Å². The first kappa shape index (κ1) is 42.0. The summed E-state index contributed by atoms with van der Waals surface area (Å²) in [5, 5.41) is 28.7. The number of hydrogen-bond donors (Lipinski definition) is 9. The van der Waals surface area contributed by atoms with E-state index in [0.717, 1.165) is 35.3 Å². The van der Waals surface area contributed by atoms with Crippen molar-refractivity contribution < 1.29 is 19.8 Å². The lowest BCUT2D eigenvalue weighted by atomic mass is 10.1. The molecule has 0 saturated carbocycles. The Balaban J connectivity index is 0.950. The molecule has 2 heterocycles. The number of hydrogen-bond acceptors (Lipinski definition) is 16. The highest BCUT2D eigenvalue weighted by molar-refractivity contribution is 5.78. The summed E-state index contributed by atoms with van der Waals surface area (Å²) in [5.41, 5.74) is 14.6. The van der Waals surface area contributed by atoms with Crippen molar-refractivity contribution in [1.29, 1.82) is 0 Å². The van der Waals surface area contributed by atoms with Crippen LogP contribution in [0.3, 0.4) is 0 Å². The van der Waals surface area contributed by atoms with Crippen molar-refractivity contribution in [1.82, 2.24) is 45.7 Å². The predicted molar refractivity (Wildman–Crippen MR) is 230 cm³/mol. The van der Waals surface area contributed by atoms with Gasteiger partial charge in [-0.2, -0.15) is 29.9 Å². The number of nitrogens with one attached hydrogen (secondary N) is 7. The van der Waals surface area contributed by atoms with Crippen molar-refractivity contribution in [3.8, 4) is 11.5 Å². The molecule has 2 amide bonds. The van der Waals surface area contributed by atoms with Crippen LogP contribution in [-0.2, 0) is 28.9 Å². The number of phenols is 2. The Hall–Kier alpha value is -7.60. The zero-order valence-corrected chi connectivity index (χ0v) is 33.1. The highest BCUT2D eigenvalue weighted by atomic mass is 16.3. The van der Waals surface area contributed by atoms with E-state index >= 15 is 0 Å². The van der Waals surface area contributed by atoms with E-state index in [0.29, 0.717) is 50.2 Å². The first-order valence-corrected chi connectivity index (χ1v) is 19.5. The highest BCUT2D eigenvalue weighted by Crippen LogP contribution is 2.18. The number of amides is 2. The zero-order valence-electron chi connectivity index (χ0n) is 33.1. The fraction of sp³-hybridized carbons (Fsp3) is 0.238. The summed E-state index contributed by atoms with van der Waals surface area (Å²) in [7, 11) is 1.82. The van der Waals surface area contributed by atoms with Crippen LogP contribution in [0.5, 0.6) is 11.5 Å². The van der Waals surface area contributed by atoms with Crippen LogP contribution in [0, 0.1) is 0 Å². The molecule has 6 rings (SSSR count). The van der Waals surface area contributed by atoms with Gasteiger partial charge in [0.25, 0.3) is 0 Å². The molecular formula is C42H48N14O4. The van der Waals surface area contributed by atoms with E-state index in [1.54, 1.807) is 24.3 Å². The largest absolute Gasteiger partial charge is 0.508 e. The third kappa shape index (κ3) is 14.4. The molecule has 0 saturated heterocycles. The van der Waals surface area contributed by atoms with Crippen molar-refractivity contribution in [2.45, 2.75) is 38.5 Å². The Morgan fingerprint density at radius 2 is 0.983 bits per heavy atom. The van der Waals surface area contributed by atoms with Crippen molar-refractivity contribution in [2.75, 3.05) is 53.5 Å². The minimum atomic E-state index is -0.304. The number of hydrazine groups is 2. The summed E-state index contributed by atoms with van der Waals surface area (Å²) in [6, 6.07) is 33.0. The number of aromatic nitrogens is 6. The topological polar surface area (TPSA) is 239 Å². The Morgan fingerprint density at radius 3 is 1.53 bits per heavy atom. The first-order valence-electron chi connectivity index (χ1n) is 19.5. The quantitative estimate of drug-likeness (QED) is 0.0406. The summed E-state index contributed by atoms with van der Waals surface area (Å²) in [6.07, 6.45) is 3.05. The van der Waals surface area contributed by atoms with E-state index in [4.69, 9.17) is 0 Å². The van der Waals surface area contributed by atoms with E-state index in [1.807, 2.05) is 96.9 Å². The molecule has 0 aliphatic heterocycles. The van der Waals surface area contributed by atoms with Gasteiger partial charge in [0.05, 0.1) is 0 Å². The molecular weight excluding hydrogens is 765 g/mol. The lowest BCUT2D eigenvalue weighted by Gasteiger charge is -2.17. The molecule has 6 aromatic rings. The van der Waals surface area contributed by atoms with Gasteiger partial charge in [0.15, 0.2) is 0 Å². The van der Waals surface area contributed by atoms with Gasteiger partial charge in [0.2, 0.25) is 41.6 Å². The Morgan fingerprint density at radius 1 is 0.533 bits per heavy atom. The number of phenolic OH excluding ortho intramolecular Hbond substituents is 2. The number of carbonyl (C=O) groups is 2. The fourth-order valence-corrected chi connectivity index (χ4v) is 5.68. The summed E-state index contributed by atoms with van der Waals surface area (Å²) >= 11 is 0. The maximum atomic E-state index is 12.8. The molecule has 2 aromatic heterocycles. The van der Waals surface area contributed by atoms with E-state index in [2.05, 4.69) is 67.6 Å². The summed E-state index contributed by atoms with van der Waals surface area (Å²) in [4.78, 5) is 54.3. The molecule has 4 aromatic carbocycles. The molecule has 0 unspecified atom stereocenters. The van der Waals surface area contributed by atoms with E-state index in [1.165, 1.54) is 0 Å². The summed E-state index contributed by atoms with van der Waals surface area (Å²) < 4.78 is 0. The van der Waals surface area contributed by atoms with Crippen molar-refractivity contribution >= 4 is 52.9 Å². The third-order valence-electron chi connectivity index (χ3n) is 8.88. The summed E-state index contributed by atoms with van der Waals surface area (Å²) in [5.74, 6) is 1.60. The smallest absolute Gasteiger partial charge is 0.248 e. The second kappa shape index (κ2) is 21.8. The number of para-hydroxylation sites is 2. The van der Waals surface area contributed by atoms with Gasteiger partial charge in [-0.25, -0.2) is 0 Å². The number of aryl methyl sites for hydroxylation is 2. The summed E-state index contributed by atoms with van der Waals surface area (Å²) in [6.45, 7) is 1.28. The second-order valence-electron chi connectivity index (χ2n) is 13.7. The van der Waals surface area contributed by atoms with E-state index in [-0.39, 0.29) is 54.0 Å². The van der Waals surface area contributed by atoms with Gasteiger partial charge in [-0.05, 0) is 86.0 Å². The normalized spacial score (nSPS) is 10.8. The molecule has 9 N–H and O–H groups in total. The second-order valence-corrected chi connectivity index (χ2v) is 13.7. The van der Waals surface area contributed by atoms with Crippen LogP contribution in [0.25, 0.3) is 0 Å². The number of carbonyl (C=O) groups excluding carboxylic acids is 2. The highest BCUT2D eigenvalue weighted by Gasteiger charge is 2.13. The molecule has 0 aliphatic rings. The van der Waals surface area contributed by atoms with Crippen LogP contribution in [0.1, 0.15) is 36.2 Å². The Kier molecular flexibility index (Phi) is 15.3. The van der Waals surface area contributed by atoms with Gasteiger partial charge in [-0.1, -0.05) is 60.7 Å². The number of rotatable bonds is 22. The van der Waals surface area contributed by atoms with Crippen molar-refractivity contribution in [3.05, 3.63) is 126 Å². The minimum Gasteiger partial charge on any atom is -0.508 e. The number of benzene rings is 4. The molecule has 0 spiro atoms. The predicted octanol–water partition coefficient (Wildman–Crippen LogP) is 5.08. The maximum absolute atomic E-state index is 12.8. The van der Waals surface area contributed by atoms with Gasteiger partial charge in [-0.3, -0.25) is 31.3 Å². The Bertz CT molecular complexity index is 2110. The van der Waals surface area contributed by atoms with Crippen molar-refractivity contribution in [3.63, 3.8) is 0 Å². The van der Waals surface area contributed by atoms with E-state index < -0.39 is 0 Å². The number of aromatic hydroxyl groups is 2. The maximum Gasteiger partial charge on any atom is 0.248 e. The zero-order chi connectivity index (χ0) is 41.9. The van der Waals surface area contributed by atoms with Gasteiger partial charge in [-0.15, -0.1) is 0 Å². The van der Waals surface area contributed by atoms with Gasteiger partial charge in [0, 0.05) is 50.3 Å². The number of nitrogens with zero attached hydrogens (tertiary/aromatic N) is 7. The monoisotopic (exact) mass is 812 g/mol. The molecule has 0 atom stereocenters. The van der Waals surface area contributed by atoms with Crippen LogP contribution in [-0.4, -0.2) is 83.5 Å². The third-order valence-corrected chi connectivity index (χ3v) is 8.88. The van der Waals surface area contributed by atoms with Crippen LogP contribution in [0.2, 0.25) is 0 Å². The van der Waals surface area contributed by atoms with Gasteiger partial charge >= 0.3 is 0 Å². The van der Waals surface area contributed by atoms with Gasteiger partial charge in [0.1, 0.15) is 17.3 Å². The minimum absolute atomic E-state index is 0.129. The van der Waals surface area contributed by atoms with Crippen molar-refractivity contribution in [2.24, 2.45) is 0 Å². The molecule has 0 aliphatic carbocycles. The van der Waals surface area contributed by atoms with Crippen LogP contribution >= 0.6 is 0 Å². The molecule has 18 nitrogen and oxygen atoms in total. The molecule has 0 fully saturated rings. The molecule has 60 heavy (non-hydrogen) atoms. The van der Waals surface area contributed by atoms with Crippen LogP contribution in [0.15, 0.2) is 109 Å². The molecule has 18 heteroatoms. The lowest BCUT2D eigenvalue weighted by Crippen LogP contribution is -2.36. The number of anilines is 7. The van der Waals surface area contributed by atoms with Crippen LogP contribution < -0.4 is 37.7 Å². The standard InChI is InChI=1S/C42H48N14O4/c1-56(27-24-36(59)52-54-41-47-35(14-8-9-29-15-19-33(57)20-16-29)46-39(50-41)44-31-10-4-2-5-11-31)28-25-37(60)53-55-42-49-38(43-26-23-30-17-21-34(58)22-18-30)48-40(51-42)45-32-12-6-3-7-13-32/h2-7,10-13,15-22,57-58H,8-9,14,23-28H2,1H3,(H,52,59)(H,53,60)(H2,44,46,47,50,54)(H3,43,45,48,49,51,55). The molecule has 310 valence electrons. The SMILES string of the molecule is CN(CCC(=O)NNc1nc(CCCc2ccc(O)cc2)nc(Nc2ccccc2)n1)CCC(=O)NNc1nc(NCCc2ccc(O)cc2)nc(Nc2ccccc2)n1. The Labute approximate surface area is 347 Å². The lowest BCUT2D eigenvalue weighted by molar-refractivity contribution is -0.120. The van der Waals surface area contributed by atoms with E-state index in [9.17, 15) is 19.8 Å². The molecule has 0 bridgehead atoms. The average molecular weight is 813 g/mol. The average Bonchev–Trinajstić information content (AvgIpc) is 3.25.